The van der Waals surface area contributed by atoms with Crippen LogP contribution < -0.4 is 19.5 Å². The molecule has 8 heteroatoms. The van der Waals surface area contributed by atoms with Gasteiger partial charge in [0.05, 0.1) is 26.0 Å². The molecule has 0 bridgehead atoms. The summed E-state index contributed by atoms with van der Waals surface area (Å²) in [4.78, 5) is 0. The molecule has 1 aliphatic carbocycles. The quantitative estimate of drug-likeness (QED) is 0.273. The van der Waals surface area contributed by atoms with Crippen molar-refractivity contribution in [1.29, 1.82) is 0 Å². The highest BCUT2D eigenvalue weighted by Gasteiger charge is 2.27. The van der Waals surface area contributed by atoms with Crippen molar-refractivity contribution in [2.45, 2.75) is 19.3 Å². The molecule has 2 aromatic carbocycles. The van der Waals surface area contributed by atoms with Crippen molar-refractivity contribution >= 4 is 11.5 Å². The van der Waals surface area contributed by atoms with Crippen molar-refractivity contribution < 1.29 is 24.4 Å². The fourth-order valence-corrected chi connectivity index (χ4v) is 3.59. The number of nitrogens with one attached hydrogen (secondary N) is 2. The zero-order valence-electron chi connectivity index (χ0n) is 17.5. The number of aliphatic hydroxyl groups excluding tert-OH is 2. The van der Waals surface area contributed by atoms with E-state index in [-0.39, 0.29) is 13.2 Å². The minimum absolute atomic E-state index is 0.0651. The Kier molecular flexibility index (Phi) is 6.59. The first kappa shape index (κ1) is 21.0. The fraction of sp³-hybridized carbons (Fsp3) is 0.348. The summed E-state index contributed by atoms with van der Waals surface area (Å²) in [6, 6.07) is 11.7. The molecular formula is C23H27N3O5. The van der Waals surface area contributed by atoms with E-state index in [9.17, 15) is 0 Å². The normalized spacial score (nSPS) is 11.7. The topological polar surface area (TPSA) is 109 Å². The number of nitrogens with zero attached hydrogens (tertiary/aromatic N) is 1. The third-order valence-corrected chi connectivity index (χ3v) is 5.13. The average molecular weight is 425 g/mol. The number of rotatable bonds is 11. The van der Waals surface area contributed by atoms with Crippen LogP contribution in [-0.2, 0) is 6.42 Å². The second kappa shape index (κ2) is 9.72. The van der Waals surface area contributed by atoms with Gasteiger partial charge in [-0.05, 0) is 29.8 Å². The highest BCUT2D eigenvalue weighted by atomic mass is 16.5. The van der Waals surface area contributed by atoms with Crippen molar-refractivity contribution in [3.63, 3.8) is 0 Å². The molecule has 0 radical (unpaired) electrons. The molecule has 1 heterocycles. The van der Waals surface area contributed by atoms with Crippen molar-refractivity contribution in [3.8, 4) is 28.5 Å². The summed E-state index contributed by atoms with van der Waals surface area (Å²) >= 11 is 0. The Morgan fingerprint density at radius 3 is 2.48 bits per heavy atom. The number of methoxy groups -OCH3 is 1. The van der Waals surface area contributed by atoms with Gasteiger partial charge in [0.25, 0.3) is 0 Å². The molecule has 31 heavy (non-hydrogen) atoms. The predicted molar refractivity (Wildman–Crippen MR) is 118 cm³/mol. The second-order valence-electron chi connectivity index (χ2n) is 7.27. The van der Waals surface area contributed by atoms with E-state index < -0.39 is 0 Å². The SMILES string of the molecule is COc1cccc(Nc2n[nH]c3c2Cc2cc(OCCCO)c(OCCCO)cc2-3)c1. The van der Waals surface area contributed by atoms with Gasteiger partial charge in [0.15, 0.2) is 17.3 Å². The Bertz CT molecular complexity index is 1030. The van der Waals surface area contributed by atoms with Gasteiger partial charge < -0.3 is 29.7 Å². The molecule has 0 atom stereocenters. The van der Waals surface area contributed by atoms with E-state index in [1.54, 1.807) is 7.11 Å². The maximum atomic E-state index is 9.06. The molecule has 3 aromatic rings. The van der Waals surface area contributed by atoms with Crippen LogP contribution in [0.1, 0.15) is 24.0 Å². The Morgan fingerprint density at radius 2 is 1.77 bits per heavy atom. The molecule has 0 saturated heterocycles. The molecule has 8 nitrogen and oxygen atoms in total. The Hall–Kier alpha value is -3.23. The molecule has 0 aliphatic heterocycles. The summed E-state index contributed by atoms with van der Waals surface area (Å²) in [5.74, 6) is 2.81. The first-order chi connectivity index (χ1) is 15.2. The number of fused-ring (bicyclic) bond motifs is 3. The van der Waals surface area contributed by atoms with E-state index in [4.69, 9.17) is 24.4 Å². The third-order valence-electron chi connectivity index (χ3n) is 5.13. The summed E-state index contributed by atoms with van der Waals surface area (Å²) in [6.45, 7) is 0.933. The van der Waals surface area contributed by atoms with E-state index in [1.807, 2.05) is 36.4 Å². The van der Waals surface area contributed by atoms with Crippen molar-refractivity contribution in [3.05, 3.63) is 47.5 Å². The van der Waals surface area contributed by atoms with Crippen LogP contribution in [-0.4, -0.2) is 53.9 Å². The number of benzene rings is 2. The van der Waals surface area contributed by atoms with E-state index in [2.05, 4.69) is 15.5 Å². The van der Waals surface area contributed by atoms with Crippen LogP contribution in [0.4, 0.5) is 11.5 Å². The van der Waals surface area contributed by atoms with Gasteiger partial charge in [0.2, 0.25) is 0 Å². The fourth-order valence-electron chi connectivity index (χ4n) is 3.59. The highest BCUT2D eigenvalue weighted by Crippen LogP contribution is 2.44. The number of hydrogen-bond donors (Lipinski definition) is 4. The molecule has 0 amide bonds. The number of aromatic nitrogens is 2. The maximum Gasteiger partial charge on any atom is 0.161 e. The molecule has 0 spiro atoms. The van der Waals surface area contributed by atoms with Gasteiger partial charge in [-0.1, -0.05) is 6.07 Å². The molecule has 0 fully saturated rings. The second-order valence-corrected chi connectivity index (χ2v) is 7.27. The minimum atomic E-state index is 0.0651. The van der Waals surface area contributed by atoms with Crippen LogP contribution in [0.3, 0.4) is 0 Å². The zero-order chi connectivity index (χ0) is 21.6. The van der Waals surface area contributed by atoms with Crippen LogP contribution >= 0.6 is 0 Å². The van der Waals surface area contributed by atoms with E-state index in [1.165, 1.54) is 0 Å². The van der Waals surface area contributed by atoms with Gasteiger partial charge in [0.1, 0.15) is 5.75 Å². The lowest BCUT2D eigenvalue weighted by molar-refractivity contribution is 0.211. The minimum Gasteiger partial charge on any atom is -0.497 e. The summed E-state index contributed by atoms with van der Waals surface area (Å²) in [6.07, 6.45) is 1.79. The number of anilines is 2. The van der Waals surface area contributed by atoms with Crippen LogP contribution in [0.15, 0.2) is 36.4 Å². The summed E-state index contributed by atoms with van der Waals surface area (Å²) in [5.41, 5.74) is 5.06. The van der Waals surface area contributed by atoms with Crippen LogP contribution in [0.25, 0.3) is 11.3 Å². The number of aromatic amines is 1. The van der Waals surface area contributed by atoms with Gasteiger partial charge in [-0.25, -0.2) is 0 Å². The average Bonchev–Trinajstić information content (AvgIpc) is 3.33. The number of aliphatic hydroxyl groups is 2. The van der Waals surface area contributed by atoms with Crippen molar-refractivity contribution in [2.24, 2.45) is 0 Å². The third kappa shape index (κ3) is 4.60. The number of H-pyrrole nitrogens is 1. The maximum absolute atomic E-state index is 9.06. The lowest BCUT2D eigenvalue weighted by Crippen LogP contribution is -2.05. The summed E-state index contributed by atoms with van der Waals surface area (Å²) in [5, 5.41) is 29.1. The first-order valence-corrected chi connectivity index (χ1v) is 10.4. The van der Waals surface area contributed by atoms with Crippen LogP contribution in [0.2, 0.25) is 0 Å². The largest absolute Gasteiger partial charge is 0.497 e. The first-order valence-electron chi connectivity index (χ1n) is 10.4. The molecule has 164 valence electrons. The summed E-state index contributed by atoms with van der Waals surface area (Å²) < 4.78 is 17.0. The van der Waals surface area contributed by atoms with Crippen LogP contribution in [0.5, 0.6) is 17.2 Å². The zero-order valence-corrected chi connectivity index (χ0v) is 17.5. The molecule has 1 aromatic heterocycles. The van der Waals surface area contributed by atoms with Gasteiger partial charge in [-0.3, -0.25) is 5.10 Å². The number of ether oxygens (including phenoxy) is 3. The van der Waals surface area contributed by atoms with Crippen LogP contribution in [0, 0.1) is 0 Å². The smallest absolute Gasteiger partial charge is 0.161 e. The monoisotopic (exact) mass is 425 g/mol. The molecule has 4 N–H and O–H groups in total. The van der Waals surface area contributed by atoms with E-state index in [0.717, 1.165) is 39.6 Å². The van der Waals surface area contributed by atoms with Crippen molar-refractivity contribution in [2.75, 3.05) is 38.9 Å². The van der Waals surface area contributed by atoms with Crippen molar-refractivity contribution in [1.82, 2.24) is 10.2 Å². The molecule has 0 saturated carbocycles. The highest BCUT2D eigenvalue weighted by molar-refractivity contribution is 5.81. The number of hydrogen-bond acceptors (Lipinski definition) is 7. The van der Waals surface area contributed by atoms with E-state index >= 15 is 0 Å². The Balaban J connectivity index is 1.60. The lowest BCUT2D eigenvalue weighted by Gasteiger charge is -2.14. The van der Waals surface area contributed by atoms with E-state index in [0.29, 0.717) is 44.0 Å². The predicted octanol–water partition coefficient (Wildman–Crippen LogP) is 3.26. The molecule has 4 rings (SSSR count). The Morgan fingerprint density at radius 1 is 1.03 bits per heavy atom. The standard InChI is InChI=1S/C23H27N3O5/c1-29-17-6-2-5-16(13-17)24-23-19-11-15-12-20(30-9-3-7-27)21(31-10-4-8-28)14-18(15)22(19)25-26-23/h2,5-6,12-14,27-28H,3-4,7-11H2,1H3,(H2,24,25,26). The summed E-state index contributed by atoms with van der Waals surface area (Å²) in [7, 11) is 1.64. The molecule has 0 unspecified atom stereocenters. The lowest BCUT2D eigenvalue weighted by atomic mass is 10.1. The molecule has 1 aliphatic rings. The van der Waals surface area contributed by atoms with Gasteiger partial charge in [-0.15, -0.1) is 0 Å². The molecular weight excluding hydrogens is 398 g/mol. The Labute approximate surface area is 180 Å². The van der Waals surface area contributed by atoms with Gasteiger partial charge in [-0.2, -0.15) is 5.10 Å². The van der Waals surface area contributed by atoms with Gasteiger partial charge in [0, 0.05) is 55.4 Å². The van der Waals surface area contributed by atoms with Gasteiger partial charge >= 0.3 is 0 Å².